The molecule has 1 aromatic rings. The first-order chi connectivity index (χ1) is 17.0. The smallest absolute Gasteiger partial charge is 0.320 e. The van der Waals surface area contributed by atoms with Gasteiger partial charge in [-0.1, -0.05) is 38.7 Å². The minimum absolute atomic E-state index is 0.0110. The fourth-order valence-corrected chi connectivity index (χ4v) is 4.68. The number of nitrogens with one attached hydrogen (secondary N) is 1. The third-order valence-electron chi connectivity index (χ3n) is 6.47. The Kier molecular flexibility index (Phi) is 11.1. The number of likely N-dealkylation sites (N-methyl/N-ethyl adjacent to an activating group) is 1. The van der Waals surface area contributed by atoms with Crippen molar-refractivity contribution in [3.05, 3.63) is 23.8 Å². The predicted octanol–water partition coefficient (Wildman–Crippen LogP) is 3.54. The Labute approximate surface area is 210 Å². The highest BCUT2D eigenvalue weighted by molar-refractivity contribution is 5.76. The van der Waals surface area contributed by atoms with Gasteiger partial charge in [0.25, 0.3) is 0 Å². The molecule has 0 bridgehead atoms. The molecule has 3 rings (SSSR count). The quantitative estimate of drug-likeness (QED) is 0.316. The number of likely N-dealkylation sites (tertiary alicyclic amines) is 1. The molecule has 196 valence electrons. The van der Waals surface area contributed by atoms with E-state index in [1.807, 2.05) is 32.3 Å². The monoisotopic (exact) mass is 489 g/mol. The van der Waals surface area contributed by atoms with Crippen molar-refractivity contribution in [3.63, 3.8) is 0 Å². The molecule has 2 aliphatic rings. The first kappa shape index (κ1) is 27.3. The van der Waals surface area contributed by atoms with Crippen molar-refractivity contribution in [1.29, 1.82) is 0 Å². The molecule has 2 unspecified atom stereocenters. The number of unbranched alkanes of at least 4 members (excludes halogenated alkanes) is 4. The highest BCUT2D eigenvalue weighted by atomic mass is 16.6. The zero-order chi connectivity index (χ0) is 25.0. The summed E-state index contributed by atoms with van der Waals surface area (Å²) in [6.07, 6.45) is 7.62. The van der Waals surface area contributed by atoms with Crippen molar-refractivity contribution in [3.8, 4) is 11.5 Å². The van der Waals surface area contributed by atoms with Gasteiger partial charge in [0.15, 0.2) is 11.5 Å². The van der Waals surface area contributed by atoms with Gasteiger partial charge in [-0.05, 0) is 64.1 Å². The molecule has 0 aromatic heterocycles. The third-order valence-corrected chi connectivity index (χ3v) is 6.47. The van der Waals surface area contributed by atoms with E-state index in [4.69, 9.17) is 14.2 Å². The summed E-state index contributed by atoms with van der Waals surface area (Å²) >= 11 is 0. The molecule has 2 aliphatic heterocycles. The SMILES string of the molecule is CCCCCCCC(=O)NC(CN1CCCC1)C(OC(=O)CN(C)C)c1ccc2c(c1)OCCO2. The molecule has 2 heterocycles. The van der Waals surface area contributed by atoms with Crippen LogP contribution in [0.3, 0.4) is 0 Å². The minimum Gasteiger partial charge on any atom is -0.486 e. The first-order valence-corrected chi connectivity index (χ1v) is 13.2. The van der Waals surface area contributed by atoms with Gasteiger partial charge in [-0.25, -0.2) is 0 Å². The van der Waals surface area contributed by atoms with E-state index in [2.05, 4.69) is 17.1 Å². The van der Waals surface area contributed by atoms with E-state index in [-0.39, 0.29) is 24.5 Å². The summed E-state index contributed by atoms with van der Waals surface area (Å²) in [4.78, 5) is 29.9. The van der Waals surface area contributed by atoms with Gasteiger partial charge in [-0.3, -0.25) is 14.5 Å². The molecule has 8 heteroatoms. The number of hydrogen-bond donors (Lipinski definition) is 1. The maximum Gasteiger partial charge on any atom is 0.320 e. The summed E-state index contributed by atoms with van der Waals surface area (Å²) in [6.45, 7) is 5.96. The summed E-state index contributed by atoms with van der Waals surface area (Å²) in [5, 5.41) is 3.23. The molecule has 2 atom stereocenters. The normalized spacial score (nSPS) is 17.3. The van der Waals surface area contributed by atoms with Gasteiger partial charge < -0.3 is 24.4 Å². The van der Waals surface area contributed by atoms with E-state index in [0.717, 1.165) is 50.8 Å². The summed E-state index contributed by atoms with van der Waals surface area (Å²) in [7, 11) is 3.67. The number of esters is 1. The number of benzene rings is 1. The van der Waals surface area contributed by atoms with Crippen LogP contribution in [0.1, 0.15) is 70.0 Å². The zero-order valence-corrected chi connectivity index (χ0v) is 21.7. The summed E-state index contributed by atoms with van der Waals surface area (Å²) < 4.78 is 17.5. The number of fused-ring (bicyclic) bond motifs is 1. The van der Waals surface area contributed by atoms with Crippen molar-refractivity contribution in [2.24, 2.45) is 0 Å². The number of nitrogens with zero attached hydrogens (tertiary/aromatic N) is 2. The highest BCUT2D eigenvalue weighted by Crippen LogP contribution is 2.35. The molecule has 8 nitrogen and oxygen atoms in total. The Bertz CT molecular complexity index is 810. The molecule has 1 N–H and O–H groups in total. The lowest BCUT2D eigenvalue weighted by atomic mass is 10.00. The van der Waals surface area contributed by atoms with Crippen LogP contribution < -0.4 is 14.8 Å². The van der Waals surface area contributed by atoms with Gasteiger partial charge in [-0.15, -0.1) is 0 Å². The van der Waals surface area contributed by atoms with E-state index in [0.29, 0.717) is 37.7 Å². The van der Waals surface area contributed by atoms with Crippen LogP contribution in [0.2, 0.25) is 0 Å². The van der Waals surface area contributed by atoms with E-state index in [1.54, 1.807) is 4.90 Å². The second kappa shape index (κ2) is 14.3. The van der Waals surface area contributed by atoms with Gasteiger partial charge in [0.05, 0.1) is 12.6 Å². The molecule has 1 amide bonds. The second-order valence-corrected chi connectivity index (χ2v) is 9.90. The Balaban J connectivity index is 1.79. The zero-order valence-electron chi connectivity index (χ0n) is 21.7. The maximum atomic E-state index is 13.0. The highest BCUT2D eigenvalue weighted by Gasteiger charge is 2.32. The third kappa shape index (κ3) is 9.00. The van der Waals surface area contributed by atoms with Crippen molar-refractivity contribution in [2.45, 2.75) is 70.4 Å². The first-order valence-electron chi connectivity index (χ1n) is 13.2. The number of amides is 1. The number of ether oxygens (including phenoxy) is 3. The van der Waals surface area contributed by atoms with E-state index < -0.39 is 6.10 Å². The van der Waals surface area contributed by atoms with Crippen molar-refractivity contribution < 1.29 is 23.8 Å². The molecule has 0 spiro atoms. The van der Waals surface area contributed by atoms with E-state index in [9.17, 15) is 9.59 Å². The van der Waals surface area contributed by atoms with Gasteiger partial charge in [0, 0.05) is 13.0 Å². The number of rotatable bonds is 14. The predicted molar refractivity (Wildman–Crippen MR) is 136 cm³/mol. The van der Waals surface area contributed by atoms with Crippen molar-refractivity contribution >= 4 is 11.9 Å². The molecule has 1 saturated heterocycles. The maximum absolute atomic E-state index is 13.0. The van der Waals surface area contributed by atoms with Gasteiger partial charge in [0.2, 0.25) is 5.91 Å². The molecule has 0 saturated carbocycles. The Morgan fingerprint density at radius 2 is 1.77 bits per heavy atom. The van der Waals surface area contributed by atoms with Gasteiger partial charge in [0.1, 0.15) is 19.3 Å². The fraction of sp³-hybridized carbons (Fsp3) is 0.704. The van der Waals surface area contributed by atoms with Crippen LogP contribution in [0.15, 0.2) is 18.2 Å². The lowest BCUT2D eigenvalue weighted by Gasteiger charge is -2.32. The van der Waals surface area contributed by atoms with Gasteiger partial charge in [-0.2, -0.15) is 0 Å². The second-order valence-electron chi connectivity index (χ2n) is 9.90. The standard InChI is InChI=1S/C27H43N3O5/c1-4-5-6-7-8-11-25(31)28-22(19-30-14-9-10-15-30)27(35-26(32)20-29(2)3)21-12-13-23-24(18-21)34-17-16-33-23/h12-13,18,22,27H,4-11,14-17,19-20H2,1-3H3,(H,28,31). The number of carbonyl (C=O) groups is 2. The molecule has 35 heavy (non-hydrogen) atoms. The van der Waals surface area contributed by atoms with Crippen molar-refractivity contribution in [2.75, 3.05) is 53.5 Å². The van der Waals surface area contributed by atoms with Crippen LogP contribution in [-0.4, -0.2) is 81.2 Å². The Hall–Kier alpha value is -2.32. The molecule has 0 aliphatic carbocycles. The molecule has 1 fully saturated rings. The molecular weight excluding hydrogens is 446 g/mol. The van der Waals surface area contributed by atoms with Gasteiger partial charge >= 0.3 is 5.97 Å². The molecule has 0 radical (unpaired) electrons. The lowest BCUT2D eigenvalue weighted by Crippen LogP contribution is -2.48. The average molecular weight is 490 g/mol. The Morgan fingerprint density at radius 3 is 2.49 bits per heavy atom. The summed E-state index contributed by atoms with van der Waals surface area (Å²) in [5.41, 5.74) is 0.800. The number of carbonyl (C=O) groups excluding carboxylic acids is 2. The minimum atomic E-state index is -0.622. The average Bonchev–Trinajstić information content (AvgIpc) is 3.34. The van der Waals surface area contributed by atoms with E-state index in [1.165, 1.54) is 12.8 Å². The van der Waals surface area contributed by atoms with E-state index >= 15 is 0 Å². The van der Waals surface area contributed by atoms with Crippen LogP contribution in [0.25, 0.3) is 0 Å². The largest absolute Gasteiger partial charge is 0.486 e. The molecular formula is C27H43N3O5. The summed E-state index contributed by atoms with van der Waals surface area (Å²) in [5.74, 6) is 1.02. The lowest BCUT2D eigenvalue weighted by molar-refractivity contribution is -0.153. The van der Waals surface area contributed by atoms with Crippen LogP contribution in [0, 0.1) is 0 Å². The van der Waals surface area contributed by atoms with Crippen LogP contribution in [0.5, 0.6) is 11.5 Å². The number of hydrogen-bond acceptors (Lipinski definition) is 7. The topological polar surface area (TPSA) is 80.3 Å². The van der Waals surface area contributed by atoms with Crippen LogP contribution in [0.4, 0.5) is 0 Å². The van der Waals surface area contributed by atoms with Crippen molar-refractivity contribution in [1.82, 2.24) is 15.1 Å². The fourth-order valence-electron chi connectivity index (χ4n) is 4.68. The Morgan fingerprint density at radius 1 is 1.06 bits per heavy atom. The van der Waals surface area contributed by atoms with Crippen LogP contribution in [-0.2, 0) is 14.3 Å². The molecule has 1 aromatic carbocycles. The summed E-state index contributed by atoms with van der Waals surface area (Å²) in [6, 6.07) is 5.30. The van der Waals surface area contributed by atoms with Crippen LogP contribution >= 0.6 is 0 Å².